The van der Waals surface area contributed by atoms with Crippen LogP contribution in [0, 0.1) is 0 Å². The lowest BCUT2D eigenvalue weighted by Gasteiger charge is -2.23. The first-order chi connectivity index (χ1) is 6.42. The van der Waals surface area contributed by atoms with Crippen molar-refractivity contribution in [2.45, 2.75) is 25.3 Å². The van der Waals surface area contributed by atoms with Crippen LogP contribution in [0.3, 0.4) is 0 Å². The van der Waals surface area contributed by atoms with Gasteiger partial charge in [-0.25, -0.2) is 0 Å². The maximum atomic E-state index is 4.95. The van der Waals surface area contributed by atoms with Crippen molar-refractivity contribution in [2.75, 3.05) is 7.11 Å². The molecule has 1 aliphatic rings. The Labute approximate surface area is 78.1 Å². The maximum absolute atomic E-state index is 4.95. The van der Waals surface area contributed by atoms with Gasteiger partial charge in [-0.1, -0.05) is 6.07 Å². The first-order valence-electron chi connectivity index (χ1n) is 4.64. The second kappa shape index (κ2) is 3.85. The molecule has 3 heteroatoms. The van der Waals surface area contributed by atoms with Gasteiger partial charge in [-0.3, -0.25) is 4.98 Å². The minimum Gasteiger partial charge on any atom is -0.304 e. The third-order valence-corrected chi connectivity index (χ3v) is 2.46. The van der Waals surface area contributed by atoms with E-state index in [0.717, 1.165) is 18.5 Å². The lowest BCUT2D eigenvalue weighted by molar-refractivity contribution is 0.0537. The standard InChI is InChI=1S/C10H14N2O/c1-13-12-9-6-2-4-8-5-3-7-11-10(8)9/h3,5,7,9,12H,2,4,6H2,1H3. The lowest BCUT2D eigenvalue weighted by atomic mass is 9.92. The summed E-state index contributed by atoms with van der Waals surface area (Å²) in [5, 5.41) is 0. The van der Waals surface area contributed by atoms with Gasteiger partial charge in [-0.2, -0.15) is 5.48 Å². The summed E-state index contributed by atoms with van der Waals surface area (Å²) in [6, 6.07) is 4.41. The average Bonchev–Trinajstić information content (AvgIpc) is 2.19. The van der Waals surface area contributed by atoms with Crippen LogP contribution in [-0.2, 0) is 11.3 Å². The van der Waals surface area contributed by atoms with Gasteiger partial charge in [0.15, 0.2) is 0 Å². The summed E-state index contributed by atoms with van der Waals surface area (Å²) < 4.78 is 0. The summed E-state index contributed by atoms with van der Waals surface area (Å²) in [7, 11) is 1.65. The summed E-state index contributed by atoms with van der Waals surface area (Å²) in [5.41, 5.74) is 5.48. The highest BCUT2D eigenvalue weighted by Gasteiger charge is 2.20. The molecule has 0 bridgehead atoms. The SMILES string of the molecule is CONC1CCCc2cccnc21. The normalized spacial score (nSPS) is 21.2. The molecular formula is C10H14N2O. The maximum Gasteiger partial charge on any atom is 0.0746 e. The van der Waals surface area contributed by atoms with Gasteiger partial charge in [0.1, 0.15) is 0 Å². The Hall–Kier alpha value is -0.930. The highest BCUT2D eigenvalue weighted by molar-refractivity contribution is 5.25. The van der Waals surface area contributed by atoms with Crippen LogP contribution in [-0.4, -0.2) is 12.1 Å². The lowest BCUT2D eigenvalue weighted by Crippen LogP contribution is -2.25. The largest absolute Gasteiger partial charge is 0.304 e. The molecule has 1 aliphatic carbocycles. The average molecular weight is 178 g/mol. The number of hydrogen-bond donors (Lipinski definition) is 1. The second-order valence-corrected chi connectivity index (χ2v) is 3.31. The number of hydrogen-bond acceptors (Lipinski definition) is 3. The molecule has 0 amide bonds. The molecule has 70 valence electrons. The smallest absolute Gasteiger partial charge is 0.0746 e. The Kier molecular flexibility index (Phi) is 2.57. The fourth-order valence-corrected chi connectivity index (χ4v) is 1.87. The van der Waals surface area contributed by atoms with E-state index in [9.17, 15) is 0 Å². The van der Waals surface area contributed by atoms with Gasteiger partial charge >= 0.3 is 0 Å². The molecule has 13 heavy (non-hydrogen) atoms. The zero-order valence-electron chi connectivity index (χ0n) is 7.79. The third-order valence-electron chi connectivity index (χ3n) is 2.46. The van der Waals surface area contributed by atoms with E-state index in [-0.39, 0.29) is 6.04 Å². The molecule has 0 spiro atoms. The van der Waals surface area contributed by atoms with E-state index in [1.165, 1.54) is 12.0 Å². The molecule has 1 unspecified atom stereocenters. The quantitative estimate of drug-likeness (QED) is 0.699. The van der Waals surface area contributed by atoms with Gasteiger partial charge in [0.25, 0.3) is 0 Å². The van der Waals surface area contributed by atoms with Gasteiger partial charge in [-0.15, -0.1) is 0 Å². The van der Waals surface area contributed by atoms with E-state index in [1.807, 2.05) is 12.3 Å². The van der Waals surface area contributed by atoms with Gasteiger partial charge in [0.05, 0.1) is 18.8 Å². The molecule has 0 fully saturated rings. The van der Waals surface area contributed by atoms with Crippen molar-refractivity contribution in [2.24, 2.45) is 0 Å². The minimum absolute atomic E-state index is 0.273. The van der Waals surface area contributed by atoms with Crippen molar-refractivity contribution in [3.63, 3.8) is 0 Å². The summed E-state index contributed by atoms with van der Waals surface area (Å²) >= 11 is 0. The first kappa shape index (κ1) is 8.66. The van der Waals surface area contributed by atoms with Crippen molar-refractivity contribution >= 4 is 0 Å². The predicted molar refractivity (Wildman–Crippen MR) is 50.1 cm³/mol. The number of aryl methyl sites for hydroxylation is 1. The molecule has 0 aromatic carbocycles. The number of nitrogens with zero attached hydrogens (tertiary/aromatic N) is 1. The van der Waals surface area contributed by atoms with Crippen LogP contribution in [0.2, 0.25) is 0 Å². The molecular weight excluding hydrogens is 164 g/mol. The molecule has 0 radical (unpaired) electrons. The second-order valence-electron chi connectivity index (χ2n) is 3.31. The molecule has 0 saturated carbocycles. The number of fused-ring (bicyclic) bond motifs is 1. The zero-order chi connectivity index (χ0) is 9.10. The molecule has 1 aromatic heterocycles. The number of aromatic nitrogens is 1. The highest BCUT2D eigenvalue weighted by Crippen LogP contribution is 2.27. The Morgan fingerprint density at radius 3 is 3.38 bits per heavy atom. The first-order valence-corrected chi connectivity index (χ1v) is 4.64. The van der Waals surface area contributed by atoms with Crippen molar-refractivity contribution in [1.82, 2.24) is 10.5 Å². The molecule has 1 heterocycles. The summed E-state index contributed by atoms with van der Waals surface area (Å²) in [6.45, 7) is 0. The monoisotopic (exact) mass is 178 g/mol. The van der Waals surface area contributed by atoms with Crippen molar-refractivity contribution in [1.29, 1.82) is 0 Å². The van der Waals surface area contributed by atoms with E-state index in [1.54, 1.807) is 7.11 Å². The third kappa shape index (κ3) is 1.71. The van der Waals surface area contributed by atoms with E-state index in [4.69, 9.17) is 4.84 Å². The van der Waals surface area contributed by atoms with Gasteiger partial charge < -0.3 is 4.84 Å². The summed E-state index contributed by atoms with van der Waals surface area (Å²) in [6.07, 6.45) is 5.30. The fraction of sp³-hybridized carbons (Fsp3) is 0.500. The molecule has 2 rings (SSSR count). The molecule has 0 saturated heterocycles. The minimum atomic E-state index is 0.273. The topological polar surface area (TPSA) is 34.1 Å². The molecule has 3 nitrogen and oxygen atoms in total. The Morgan fingerprint density at radius 1 is 1.62 bits per heavy atom. The highest BCUT2D eigenvalue weighted by atomic mass is 16.6. The Morgan fingerprint density at radius 2 is 2.54 bits per heavy atom. The van der Waals surface area contributed by atoms with Gasteiger partial charge in [0.2, 0.25) is 0 Å². The Bertz CT molecular complexity index is 288. The molecule has 1 N–H and O–H groups in total. The number of pyridine rings is 1. The van der Waals surface area contributed by atoms with Crippen LogP contribution in [0.15, 0.2) is 18.3 Å². The molecule has 1 atom stereocenters. The van der Waals surface area contributed by atoms with E-state index in [0.29, 0.717) is 0 Å². The van der Waals surface area contributed by atoms with Crippen LogP contribution in [0.4, 0.5) is 0 Å². The summed E-state index contributed by atoms with van der Waals surface area (Å²) in [4.78, 5) is 9.32. The van der Waals surface area contributed by atoms with Crippen LogP contribution >= 0.6 is 0 Å². The van der Waals surface area contributed by atoms with Crippen LogP contribution in [0.5, 0.6) is 0 Å². The van der Waals surface area contributed by atoms with E-state index < -0.39 is 0 Å². The van der Waals surface area contributed by atoms with Crippen molar-refractivity contribution < 1.29 is 4.84 Å². The van der Waals surface area contributed by atoms with E-state index >= 15 is 0 Å². The predicted octanol–water partition coefficient (Wildman–Crippen LogP) is 1.61. The number of hydroxylamine groups is 1. The van der Waals surface area contributed by atoms with Gasteiger partial charge in [0, 0.05) is 6.20 Å². The molecule has 0 aliphatic heterocycles. The molecule has 1 aromatic rings. The van der Waals surface area contributed by atoms with Gasteiger partial charge in [-0.05, 0) is 30.9 Å². The zero-order valence-corrected chi connectivity index (χ0v) is 7.79. The van der Waals surface area contributed by atoms with Crippen LogP contribution in [0.25, 0.3) is 0 Å². The van der Waals surface area contributed by atoms with E-state index in [2.05, 4.69) is 16.5 Å². The van der Waals surface area contributed by atoms with Crippen molar-refractivity contribution in [3.05, 3.63) is 29.6 Å². The Balaban J connectivity index is 2.26. The van der Waals surface area contributed by atoms with Crippen molar-refractivity contribution in [3.8, 4) is 0 Å². The number of rotatable bonds is 2. The summed E-state index contributed by atoms with van der Waals surface area (Å²) in [5.74, 6) is 0. The fourth-order valence-electron chi connectivity index (χ4n) is 1.87. The van der Waals surface area contributed by atoms with Crippen LogP contribution < -0.4 is 5.48 Å². The van der Waals surface area contributed by atoms with Crippen LogP contribution in [0.1, 0.15) is 30.1 Å². The number of nitrogens with one attached hydrogen (secondary N) is 1.